The Morgan fingerprint density at radius 1 is 1.23 bits per heavy atom. The lowest BCUT2D eigenvalue weighted by atomic mass is 10.2. The molecule has 2 aromatic rings. The highest BCUT2D eigenvalue weighted by atomic mass is 19.2. The number of carbonyl (C=O) groups excluding carboxylic acids is 1. The zero-order chi connectivity index (χ0) is 25.4. The van der Waals surface area contributed by atoms with E-state index in [2.05, 4.69) is 15.3 Å². The van der Waals surface area contributed by atoms with Gasteiger partial charge >= 0.3 is 0 Å². The monoisotopic (exact) mass is 490 g/mol. The number of guanidine groups is 1. The lowest BCUT2D eigenvalue weighted by Gasteiger charge is -2.22. The zero-order valence-electron chi connectivity index (χ0n) is 19.2. The Bertz CT molecular complexity index is 1080. The number of aromatic nitrogens is 1. The third-order valence-corrected chi connectivity index (χ3v) is 5.06. The largest absolute Gasteiger partial charge is 0.495 e. The molecule has 2 heterocycles. The Balaban J connectivity index is 1.50. The van der Waals surface area contributed by atoms with Crippen molar-refractivity contribution in [3.8, 4) is 17.4 Å². The molecule has 0 saturated heterocycles. The van der Waals surface area contributed by atoms with E-state index in [0.29, 0.717) is 25.3 Å². The minimum absolute atomic E-state index is 0.0436. The van der Waals surface area contributed by atoms with Crippen LogP contribution in [-0.4, -0.2) is 61.2 Å². The van der Waals surface area contributed by atoms with Crippen molar-refractivity contribution in [1.29, 1.82) is 0 Å². The summed E-state index contributed by atoms with van der Waals surface area (Å²) in [5, 5.41) is 2.73. The molecular formula is C22H28F2N8O3. The van der Waals surface area contributed by atoms with E-state index in [1.54, 1.807) is 18.5 Å². The minimum atomic E-state index is -1.13. The normalized spacial score (nSPS) is 13.5. The molecule has 1 atom stereocenters. The van der Waals surface area contributed by atoms with Crippen LogP contribution in [0.3, 0.4) is 0 Å². The summed E-state index contributed by atoms with van der Waals surface area (Å²) in [5.41, 5.74) is 16.3. The number of halogens is 2. The molecule has 7 N–H and O–H groups in total. The van der Waals surface area contributed by atoms with Gasteiger partial charge in [-0.2, -0.15) is 4.39 Å². The number of rotatable bonds is 11. The number of aliphatic imine (C=N–C) groups is 1. The molecule has 1 aliphatic rings. The van der Waals surface area contributed by atoms with Crippen molar-refractivity contribution < 1.29 is 23.0 Å². The first-order valence-corrected chi connectivity index (χ1v) is 10.7. The number of carbonyl (C=O) groups is 1. The molecule has 1 aromatic carbocycles. The zero-order valence-corrected chi connectivity index (χ0v) is 19.2. The molecule has 35 heavy (non-hydrogen) atoms. The fraction of sp³-hybridized carbons (Fsp3) is 0.318. The van der Waals surface area contributed by atoms with Gasteiger partial charge in [0.25, 0.3) is 0 Å². The summed E-state index contributed by atoms with van der Waals surface area (Å²) in [6.07, 6.45) is 5.05. The van der Waals surface area contributed by atoms with Gasteiger partial charge in [0.15, 0.2) is 17.5 Å². The summed E-state index contributed by atoms with van der Waals surface area (Å²) in [4.78, 5) is 23.2. The molecule has 0 spiro atoms. The van der Waals surface area contributed by atoms with Crippen molar-refractivity contribution in [2.45, 2.75) is 12.5 Å². The molecular weight excluding hydrogens is 462 g/mol. The van der Waals surface area contributed by atoms with Gasteiger partial charge in [-0.15, -0.1) is 0 Å². The van der Waals surface area contributed by atoms with E-state index in [4.69, 9.17) is 26.7 Å². The molecule has 3 rings (SSSR count). The van der Waals surface area contributed by atoms with Crippen LogP contribution in [0.15, 0.2) is 47.9 Å². The number of nitrogens with two attached hydrogens (primary N) is 3. The predicted molar refractivity (Wildman–Crippen MR) is 127 cm³/mol. The van der Waals surface area contributed by atoms with E-state index in [1.165, 1.54) is 36.4 Å². The van der Waals surface area contributed by atoms with E-state index in [1.807, 2.05) is 4.90 Å². The number of pyridine rings is 1. The average molecular weight is 491 g/mol. The lowest BCUT2D eigenvalue weighted by Crippen LogP contribution is -2.43. The number of anilines is 1. The molecule has 0 radical (unpaired) electrons. The number of ether oxygens (including phenoxy) is 2. The second-order valence-electron chi connectivity index (χ2n) is 7.56. The third kappa shape index (κ3) is 6.93. The maximum Gasteiger partial charge on any atom is 0.237 e. The van der Waals surface area contributed by atoms with Gasteiger partial charge in [-0.3, -0.25) is 9.79 Å². The van der Waals surface area contributed by atoms with E-state index in [0.717, 1.165) is 0 Å². The van der Waals surface area contributed by atoms with Crippen LogP contribution in [-0.2, 0) is 4.79 Å². The Labute approximate surface area is 201 Å². The molecule has 1 amide bonds. The van der Waals surface area contributed by atoms with Crippen LogP contribution in [0.2, 0.25) is 0 Å². The van der Waals surface area contributed by atoms with Crippen LogP contribution >= 0.6 is 0 Å². The lowest BCUT2D eigenvalue weighted by molar-refractivity contribution is -0.122. The second-order valence-corrected chi connectivity index (χ2v) is 7.56. The molecule has 0 aliphatic carbocycles. The van der Waals surface area contributed by atoms with Gasteiger partial charge in [0.05, 0.1) is 31.7 Å². The molecule has 188 valence electrons. The minimum Gasteiger partial charge on any atom is -0.495 e. The fourth-order valence-electron chi connectivity index (χ4n) is 3.17. The number of hydrogen-bond acceptors (Lipinski definition) is 8. The van der Waals surface area contributed by atoms with Crippen LogP contribution in [0, 0.1) is 11.6 Å². The van der Waals surface area contributed by atoms with Crippen molar-refractivity contribution in [3.63, 3.8) is 0 Å². The topological polar surface area (TPSA) is 157 Å². The van der Waals surface area contributed by atoms with E-state index in [-0.39, 0.29) is 42.4 Å². The van der Waals surface area contributed by atoms with Crippen molar-refractivity contribution in [1.82, 2.24) is 15.2 Å². The first kappa shape index (κ1) is 25.5. The molecule has 0 fully saturated rings. The summed E-state index contributed by atoms with van der Waals surface area (Å²) in [6, 6.07) is 5.09. The Hall–Kier alpha value is -4.13. The number of nitrogens with one attached hydrogen (secondary N) is 1. The standard InChI is InChI=1S/C22H28F2N8O3/c1-34-14-2-5-18(30-12-14)35-17-4-3-16(19(23)20(17)24)32-11-10-31(13-32)9-8-28-21(33)15(25)6-7-29-22(26)27/h2-5,10-12,15H,6-9,13,25H2,1H3,(H,28,33)(H4,26,27,29)/t15-/m0/s1. The van der Waals surface area contributed by atoms with Crippen LogP contribution in [0.1, 0.15) is 6.42 Å². The van der Waals surface area contributed by atoms with Crippen molar-refractivity contribution in [2.75, 3.05) is 38.3 Å². The highest BCUT2D eigenvalue weighted by Gasteiger charge is 2.22. The summed E-state index contributed by atoms with van der Waals surface area (Å²) in [7, 11) is 1.49. The molecule has 1 aromatic heterocycles. The quantitative estimate of drug-likeness (QED) is 0.264. The summed E-state index contributed by atoms with van der Waals surface area (Å²) in [5.74, 6) is -2.25. The smallest absolute Gasteiger partial charge is 0.237 e. The van der Waals surface area contributed by atoms with E-state index < -0.39 is 17.7 Å². The Morgan fingerprint density at radius 3 is 2.71 bits per heavy atom. The van der Waals surface area contributed by atoms with Gasteiger partial charge in [-0.05, 0) is 24.6 Å². The van der Waals surface area contributed by atoms with Crippen molar-refractivity contribution in [3.05, 3.63) is 54.5 Å². The highest BCUT2D eigenvalue weighted by Crippen LogP contribution is 2.32. The molecule has 0 bridgehead atoms. The summed E-state index contributed by atoms with van der Waals surface area (Å²) < 4.78 is 39.8. The molecule has 11 nitrogen and oxygen atoms in total. The number of benzene rings is 1. The maximum atomic E-state index is 14.8. The van der Waals surface area contributed by atoms with Gasteiger partial charge in [0, 0.05) is 38.1 Å². The Morgan fingerprint density at radius 2 is 2.03 bits per heavy atom. The number of methoxy groups -OCH3 is 1. The van der Waals surface area contributed by atoms with E-state index in [9.17, 15) is 13.6 Å². The summed E-state index contributed by atoms with van der Waals surface area (Å²) in [6.45, 7) is 1.27. The SMILES string of the molecule is COc1ccc(Oc2ccc(N3C=CN(CCNC(=O)[C@@H](N)CCN=C(N)N)C3)c(F)c2F)nc1. The van der Waals surface area contributed by atoms with Gasteiger partial charge in [0.1, 0.15) is 5.75 Å². The van der Waals surface area contributed by atoms with Crippen molar-refractivity contribution >= 4 is 17.6 Å². The van der Waals surface area contributed by atoms with Crippen molar-refractivity contribution in [2.24, 2.45) is 22.2 Å². The Kier molecular flexibility index (Phi) is 8.62. The predicted octanol–water partition coefficient (Wildman–Crippen LogP) is 0.818. The number of nitrogens with zero attached hydrogens (tertiary/aromatic N) is 4. The third-order valence-electron chi connectivity index (χ3n) is 5.06. The van der Waals surface area contributed by atoms with Crippen LogP contribution in [0.4, 0.5) is 14.5 Å². The van der Waals surface area contributed by atoms with Gasteiger partial charge in [0.2, 0.25) is 17.6 Å². The van der Waals surface area contributed by atoms with Gasteiger partial charge < -0.3 is 41.8 Å². The fourth-order valence-corrected chi connectivity index (χ4v) is 3.17. The second kappa shape index (κ2) is 11.8. The number of hydrogen-bond donors (Lipinski definition) is 4. The first-order chi connectivity index (χ1) is 16.8. The molecule has 1 aliphatic heterocycles. The first-order valence-electron chi connectivity index (χ1n) is 10.7. The molecule has 0 saturated carbocycles. The van der Waals surface area contributed by atoms with Gasteiger partial charge in [-0.1, -0.05) is 0 Å². The van der Waals surface area contributed by atoms with Crippen LogP contribution in [0.25, 0.3) is 0 Å². The van der Waals surface area contributed by atoms with Crippen LogP contribution in [0.5, 0.6) is 17.4 Å². The maximum absolute atomic E-state index is 14.8. The molecule has 0 unspecified atom stereocenters. The number of amides is 1. The molecule has 13 heteroatoms. The van der Waals surface area contributed by atoms with E-state index >= 15 is 0 Å². The van der Waals surface area contributed by atoms with Crippen LogP contribution < -0.4 is 36.9 Å². The summed E-state index contributed by atoms with van der Waals surface area (Å²) >= 11 is 0. The average Bonchev–Trinajstić information content (AvgIpc) is 3.30. The van der Waals surface area contributed by atoms with Gasteiger partial charge in [-0.25, -0.2) is 9.37 Å². The highest BCUT2D eigenvalue weighted by molar-refractivity contribution is 5.81.